The topological polar surface area (TPSA) is 408 Å². The van der Waals surface area contributed by atoms with E-state index < -0.39 is 215 Å². The van der Waals surface area contributed by atoms with Crippen LogP contribution in [0.15, 0.2) is 23.3 Å². The van der Waals surface area contributed by atoms with E-state index in [9.17, 15) is 66.1 Å². The molecule has 0 unspecified atom stereocenters. The van der Waals surface area contributed by atoms with Crippen LogP contribution in [0.2, 0.25) is 0 Å². The van der Waals surface area contributed by atoms with Crippen LogP contribution < -0.4 is 0 Å². The lowest BCUT2D eigenvalue weighted by atomic mass is 9.45. The highest BCUT2D eigenvalue weighted by molar-refractivity contribution is 5.87. The molecular formula is C65H106O29. The second-order valence-corrected chi connectivity index (χ2v) is 28.4. The first-order chi connectivity index (χ1) is 44.6. The van der Waals surface area contributed by atoms with Gasteiger partial charge in [0.2, 0.25) is 0 Å². The number of hydrogen-bond donors (Lipinski definition) is 12. The standard InChI is InChI=1S/C65H106O29/c1-12-27(2)58(77)93-56-31(6)87-62(53(76)57(56)81-11)94-55-30(5)85-43(23-38(55)80-10)92-54-29(4)84-42(22-37(54)79-9)88-33-15-18-63(7)32(21-33)13-14-36-35(63)16-19-64(8)34(17-20-65(36,64)78)28(3)86-61-52(75)49(72)46(69)41(91-61)26-83-60-51(74)48(71)45(68)40(90-60)25-82-59-50(73)47(70)44(67)39(24-66)89-59/h12-13,28-31,33-57,59-62,66-76,78H,14-26H2,1-11H3/b27-12+/t28-,29+,30+,31+,33-,34+,35-,36+,37-,38-,39+,40+,41+,42-,43-,44+,45+,46+,47-,48-,49-,50+,51+,52+,53+,54+,55+,56+,57+,59+,60+,61+,62-,63-,64+,65-/m0/s1. The molecule has 540 valence electrons. The van der Waals surface area contributed by atoms with Gasteiger partial charge >= 0.3 is 5.97 Å². The van der Waals surface area contributed by atoms with Crippen molar-refractivity contribution in [2.24, 2.45) is 28.6 Å². The SMILES string of the molecule is C/C=C(\C)C(=O)O[C@H]1[C@H](OC)[C@@H](O)[C@H](O[C@H]2[C@@H](OC)C[C@H](O[C@H]3[C@@H](OC)C[C@H](O[C@H]4CC[C@@]5(C)C(=CC[C@@H]6[C@@H]5CC[C@]5(C)[C@@H]([C@H](C)O[C@@H]7O[C@H](CO[C@@H]8O[C@H](CO[C@@H]9O[C@H](CO)[C@@H](O)[C@H](O)[C@H]9O)[C@@H](O)[C@H](O)[C@H]8O)[C@@H](O)[C@H](O)[C@H]7O)CC[C@]65O)C4)O[C@@H]3C)O[C@@H]2C)O[C@@H]1C. The average molecular weight is 1350 g/mol. The predicted octanol–water partition coefficient (Wildman–Crippen LogP) is -1.01. The fourth-order valence-corrected chi connectivity index (χ4v) is 17.2. The Morgan fingerprint density at radius 2 is 1.13 bits per heavy atom. The lowest BCUT2D eigenvalue weighted by molar-refractivity contribution is -0.352. The molecule has 9 fully saturated rings. The van der Waals surface area contributed by atoms with Crippen molar-refractivity contribution in [3.63, 3.8) is 0 Å². The summed E-state index contributed by atoms with van der Waals surface area (Å²) in [6, 6.07) is 0. The van der Waals surface area contributed by atoms with Crippen LogP contribution in [0.5, 0.6) is 0 Å². The molecule has 4 aliphatic carbocycles. The van der Waals surface area contributed by atoms with E-state index >= 15 is 0 Å². The molecule has 6 heterocycles. The van der Waals surface area contributed by atoms with Crippen LogP contribution in [0.1, 0.15) is 120 Å². The average Bonchev–Trinajstić information content (AvgIpc) is 1.41. The maximum absolute atomic E-state index is 13.2. The lowest BCUT2D eigenvalue weighted by Crippen LogP contribution is -2.63. The zero-order valence-electron chi connectivity index (χ0n) is 55.7. The number of carbonyl (C=O) groups is 1. The van der Waals surface area contributed by atoms with Gasteiger partial charge in [-0.05, 0) is 116 Å². The number of carbonyl (C=O) groups excluding carboxylic acids is 1. The Balaban J connectivity index is 0.703. The first kappa shape index (κ1) is 74.6. The highest BCUT2D eigenvalue weighted by Crippen LogP contribution is 2.69. The summed E-state index contributed by atoms with van der Waals surface area (Å²) >= 11 is 0. The molecule has 0 amide bonds. The summed E-state index contributed by atoms with van der Waals surface area (Å²) in [6.07, 6.45) is -24.5. The number of aliphatic hydroxyl groups excluding tert-OH is 11. The van der Waals surface area contributed by atoms with Gasteiger partial charge in [-0.1, -0.05) is 31.6 Å². The molecule has 29 nitrogen and oxygen atoms in total. The van der Waals surface area contributed by atoms with Crippen LogP contribution in [0.3, 0.4) is 0 Å². The molecule has 36 atom stereocenters. The number of esters is 1. The summed E-state index contributed by atoms with van der Waals surface area (Å²) in [5, 5.41) is 131. The maximum atomic E-state index is 13.2. The van der Waals surface area contributed by atoms with Crippen molar-refractivity contribution in [1.82, 2.24) is 0 Å². The third-order valence-corrected chi connectivity index (χ3v) is 23.1. The van der Waals surface area contributed by atoms with E-state index in [2.05, 4.69) is 19.9 Å². The van der Waals surface area contributed by atoms with E-state index in [-0.39, 0.29) is 35.7 Å². The molecule has 0 spiro atoms. The molecule has 29 heteroatoms. The largest absolute Gasteiger partial charge is 0.453 e. The quantitative estimate of drug-likeness (QED) is 0.0372. The van der Waals surface area contributed by atoms with E-state index in [4.69, 9.17) is 75.8 Å². The number of fused-ring (bicyclic) bond motifs is 5. The van der Waals surface area contributed by atoms with Gasteiger partial charge in [0.25, 0.3) is 0 Å². The molecule has 10 aliphatic rings. The first-order valence-electron chi connectivity index (χ1n) is 33.6. The van der Waals surface area contributed by atoms with Gasteiger partial charge in [-0.3, -0.25) is 0 Å². The molecule has 0 aromatic rings. The molecule has 94 heavy (non-hydrogen) atoms. The molecule has 6 saturated heterocycles. The van der Waals surface area contributed by atoms with E-state index in [0.29, 0.717) is 44.1 Å². The summed E-state index contributed by atoms with van der Waals surface area (Å²) in [5.41, 5.74) is -0.143. The Morgan fingerprint density at radius 1 is 0.596 bits per heavy atom. The summed E-state index contributed by atoms with van der Waals surface area (Å²) in [5.74, 6) is -0.615. The van der Waals surface area contributed by atoms with Crippen molar-refractivity contribution in [1.29, 1.82) is 0 Å². The van der Waals surface area contributed by atoms with Crippen molar-refractivity contribution in [3.05, 3.63) is 23.3 Å². The fourth-order valence-electron chi connectivity index (χ4n) is 17.2. The number of ether oxygens (including phenoxy) is 16. The highest BCUT2D eigenvalue weighted by atomic mass is 16.8. The monoisotopic (exact) mass is 1350 g/mol. The maximum Gasteiger partial charge on any atom is 0.333 e. The molecule has 0 aromatic carbocycles. The summed E-state index contributed by atoms with van der Waals surface area (Å²) in [7, 11) is 4.64. The van der Waals surface area contributed by atoms with Gasteiger partial charge in [0.1, 0.15) is 97.7 Å². The second-order valence-electron chi connectivity index (χ2n) is 28.4. The number of allylic oxidation sites excluding steroid dienone is 2. The van der Waals surface area contributed by atoms with Crippen LogP contribution in [0.25, 0.3) is 0 Å². The van der Waals surface area contributed by atoms with Crippen molar-refractivity contribution >= 4 is 5.97 Å². The van der Waals surface area contributed by atoms with Gasteiger partial charge in [-0.2, -0.15) is 0 Å². The molecule has 10 rings (SSSR count). The molecule has 0 bridgehead atoms. The Bertz CT molecular complexity index is 2550. The smallest absolute Gasteiger partial charge is 0.333 e. The molecule has 6 aliphatic heterocycles. The zero-order valence-corrected chi connectivity index (χ0v) is 55.7. The van der Waals surface area contributed by atoms with Crippen LogP contribution in [-0.4, -0.2) is 298 Å². The minimum absolute atomic E-state index is 0.0530. The van der Waals surface area contributed by atoms with Gasteiger partial charge in [-0.25, -0.2) is 4.79 Å². The van der Waals surface area contributed by atoms with Gasteiger partial charge in [0, 0.05) is 45.2 Å². The molecule has 12 N–H and O–H groups in total. The Kier molecular flexibility index (Phi) is 24.3. The van der Waals surface area contributed by atoms with Gasteiger partial charge in [0.05, 0.1) is 68.1 Å². The zero-order chi connectivity index (χ0) is 68.2. The first-order valence-corrected chi connectivity index (χ1v) is 33.6. The van der Waals surface area contributed by atoms with Crippen molar-refractivity contribution < 1.29 is 142 Å². The lowest BCUT2D eigenvalue weighted by Gasteiger charge is -2.61. The van der Waals surface area contributed by atoms with Crippen LogP contribution in [0, 0.1) is 28.6 Å². The van der Waals surface area contributed by atoms with Crippen molar-refractivity contribution in [2.45, 2.75) is 309 Å². The summed E-state index contributed by atoms with van der Waals surface area (Å²) in [4.78, 5) is 12.7. The van der Waals surface area contributed by atoms with Gasteiger partial charge in [-0.15, -0.1) is 0 Å². The molecule has 0 aromatic heterocycles. The van der Waals surface area contributed by atoms with Crippen LogP contribution >= 0.6 is 0 Å². The van der Waals surface area contributed by atoms with E-state index in [0.717, 1.165) is 19.3 Å². The van der Waals surface area contributed by atoms with Crippen molar-refractivity contribution in [2.75, 3.05) is 41.2 Å². The predicted molar refractivity (Wildman–Crippen MR) is 321 cm³/mol. The minimum Gasteiger partial charge on any atom is -0.453 e. The van der Waals surface area contributed by atoms with Crippen molar-refractivity contribution in [3.8, 4) is 0 Å². The number of aliphatic hydroxyl groups is 12. The highest BCUT2D eigenvalue weighted by Gasteiger charge is 2.68. The van der Waals surface area contributed by atoms with E-state index in [1.54, 1.807) is 41.1 Å². The Hall–Kier alpha value is -2.13. The van der Waals surface area contributed by atoms with E-state index in [1.165, 1.54) is 12.7 Å². The minimum atomic E-state index is -1.85. The fraction of sp³-hybridized carbons (Fsp3) is 0.923. The van der Waals surface area contributed by atoms with Gasteiger partial charge in [0.15, 0.2) is 43.8 Å². The third-order valence-electron chi connectivity index (χ3n) is 23.1. The van der Waals surface area contributed by atoms with E-state index in [1.807, 2.05) is 20.8 Å². The van der Waals surface area contributed by atoms with Crippen LogP contribution in [0.4, 0.5) is 0 Å². The molecular weight excluding hydrogens is 1240 g/mol. The van der Waals surface area contributed by atoms with Crippen LogP contribution in [-0.2, 0) is 80.6 Å². The normalized spacial score (nSPS) is 51.2. The number of methoxy groups -OCH3 is 3. The molecule has 0 radical (unpaired) electrons. The Labute approximate surface area is 548 Å². The number of rotatable bonds is 21. The Morgan fingerprint density at radius 3 is 1.69 bits per heavy atom. The number of hydrogen-bond acceptors (Lipinski definition) is 29. The second kappa shape index (κ2) is 30.6. The molecule has 3 saturated carbocycles. The summed E-state index contributed by atoms with van der Waals surface area (Å²) in [6.45, 7) is 13.3. The third kappa shape index (κ3) is 14.4. The van der Waals surface area contributed by atoms with Gasteiger partial charge < -0.3 is 137 Å². The summed E-state index contributed by atoms with van der Waals surface area (Å²) < 4.78 is 97.3.